The van der Waals surface area contributed by atoms with E-state index in [4.69, 9.17) is 4.74 Å². The van der Waals surface area contributed by atoms with Crippen molar-refractivity contribution in [3.8, 4) is 0 Å². The van der Waals surface area contributed by atoms with Gasteiger partial charge in [-0.3, -0.25) is 14.9 Å². The number of benzene rings is 2. The number of para-hydroxylation sites is 1. The van der Waals surface area contributed by atoms with Gasteiger partial charge in [0.15, 0.2) is 0 Å². The molecular weight excluding hydrogens is 430 g/mol. The van der Waals surface area contributed by atoms with Crippen molar-refractivity contribution < 1.29 is 19.2 Å². The fourth-order valence-electron chi connectivity index (χ4n) is 3.37. The summed E-state index contributed by atoms with van der Waals surface area (Å²) in [4.78, 5) is 39.6. The Morgan fingerprint density at radius 3 is 2.75 bits per heavy atom. The van der Waals surface area contributed by atoms with Gasteiger partial charge in [-0.05, 0) is 28.6 Å². The number of H-pyrrole nitrogens is 1. The Hall–Kier alpha value is -3.98. The summed E-state index contributed by atoms with van der Waals surface area (Å²) < 4.78 is 5.42. The summed E-state index contributed by atoms with van der Waals surface area (Å²) in [5, 5.41) is 16.5. The summed E-state index contributed by atoms with van der Waals surface area (Å²) in [5.74, 6) is -0.983. The van der Waals surface area contributed by atoms with Gasteiger partial charge in [0.05, 0.1) is 9.80 Å². The topological polar surface area (TPSA) is 114 Å². The van der Waals surface area contributed by atoms with Crippen LogP contribution in [0.1, 0.15) is 20.8 Å². The number of aromatic amines is 1. The predicted octanol–water partition coefficient (Wildman–Crippen LogP) is 4.22. The summed E-state index contributed by atoms with van der Waals surface area (Å²) in [5.41, 5.74) is 2.20. The number of non-ortho nitro benzene ring substituents is 1. The fourth-order valence-corrected chi connectivity index (χ4v) is 3.99. The number of fused-ring (bicyclic) bond motifs is 1. The van der Waals surface area contributed by atoms with Crippen molar-refractivity contribution in [2.24, 2.45) is 0 Å². The maximum atomic E-state index is 12.9. The highest BCUT2D eigenvalue weighted by Crippen LogP contribution is 2.20. The minimum absolute atomic E-state index is 0.0834. The molecular formula is C23H19N3O5S. The van der Waals surface area contributed by atoms with E-state index in [9.17, 15) is 19.7 Å². The van der Waals surface area contributed by atoms with Crippen LogP contribution in [0, 0.1) is 10.1 Å². The van der Waals surface area contributed by atoms with Gasteiger partial charge in [0, 0.05) is 35.7 Å². The molecule has 1 atom stereocenters. The molecule has 32 heavy (non-hydrogen) atoms. The SMILES string of the molecule is O=C(NC(Cc1c[nH]c2ccccc12)C(=O)OCc1cccc([N+](=O)[O-])c1)c1cccs1. The van der Waals surface area contributed by atoms with E-state index in [1.807, 2.05) is 30.5 Å². The van der Waals surface area contributed by atoms with E-state index in [1.54, 1.807) is 23.6 Å². The third-order valence-corrected chi connectivity index (χ3v) is 5.80. The molecule has 0 aliphatic carbocycles. The number of nitrogens with one attached hydrogen (secondary N) is 2. The molecule has 1 unspecified atom stereocenters. The minimum Gasteiger partial charge on any atom is -0.459 e. The number of thiophene rings is 1. The van der Waals surface area contributed by atoms with E-state index < -0.39 is 16.9 Å². The van der Waals surface area contributed by atoms with Crippen LogP contribution in [0.4, 0.5) is 5.69 Å². The molecule has 162 valence electrons. The number of rotatable bonds is 8. The maximum absolute atomic E-state index is 12.9. The van der Waals surface area contributed by atoms with Crippen molar-refractivity contribution in [3.63, 3.8) is 0 Å². The van der Waals surface area contributed by atoms with Crippen LogP contribution in [0.25, 0.3) is 10.9 Å². The van der Waals surface area contributed by atoms with Crippen LogP contribution < -0.4 is 5.32 Å². The van der Waals surface area contributed by atoms with Gasteiger partial charge < -0.3 is 15.0 Å². The average Bonchev–Trinajstić information content (AvgIpc) is 3.48. The number of nitrogens with zero attached hydrogens (tertiary/aromatic N) is 1. The Kier molecular flexibility index (Phi) is 6.27. The van der Waals surface area contributed by atoms with E-state index in [0.29, 0.717) is 10.4 Å². The molecule has 4 rings (SSSR count). The van der Waals surface area contributed by atoms with Crippen LogP contribution in [-0.4, -0.2) is 27.8 Å². The molecule has 0 saturated heterocycles. The number of hydrogen-bond donors (Lipinski definition) is 2. The minimum atomic E-state index is -0.928. The molecule has 0 fully saturated rings. The number of ether oxygens (including phenoxy) is 1. The molecule has 0 saturated carbocycles. The first-order valence-electron chi connectivity index (χ1n) is 9.80. The monoisotopic (exact) mass is 449 g/mol. The second kappa shape index (κ2) is 9.44. The number of amides is 1. The average molecular weight is 449 g/mol. The summed E-state index contributed by atoms with van der Waals surface area (Å²) in [6.45, 7) is -0.139. The van der Waals surface area contributed by atoms with Crippen molar-refractivity contribution >= 4 is 39.8 Å². The number of aromatic nitrogens is 1. The maximum Gasteiger partial charge on any atom is 0.329 e. The summed E-state index contributed by atoms with van der Waals surface area (Å²) in [6.07, 6.45) is 2.04. The first kappa shape index (κ1) is 21.3. The lowest BCUT2D eigenvalue weighted by Gasteiger charge is -2.17. The van der Waals surface area contributed by atoms with Crippen molar-refractivity contribution in [3.05, 3.63) is 98.4 Å². The van der Waals surface area contributed by atoms with Crippen LogP contribution in [-0.2, 0) is 22.6 Å². The molecule has 8 nitrogen and oxygen atoms in total. The Labute approximate surface area is 187 Å². The fraction of sp³-hybridized carbons (Fsp3) is 0.130. The van der Waals surface area contributed by atoms with Crippen LogP contribution in [0.3, 0.4) is 0 Å². The van der Waals surface area contributed by atoms with E-state index >= 15 is 0 Å². The number of nitro groups is 1. The second-order valence-corrected chi connectivity index (χ2v) is 8.05. The zero-order chi connectivity index (χ0) is 22.5. The largest absolute Gasteiger partial charge is 0.459 e. The third kappa shape index (κ3) is 4.84. The summed E-state index contributed by atoms with van der Waals surface area (Å²) in [7, 11) is 0. The van der Waals surface area contributed by atoms with Crippen molar-refractivity contribution in [2.75, 3.05) is 0 Å². The van der Waals surface area contributed by atoms with Gasteiger partial charge in [-0.25, -0.2) is 4.79 Å². The van der Waals surface area contributed by atoms with Crippen LogP contribution in [0.2, 0.25) is 0 Å². The molecule has 2 heterocycles. The van der Waals surface area contributed by atoms with Gasteiger partial charge in [-0.15, -0.1) is 11.3 Å². The van der Waals surface area contributed by atoms with Crippen LogP contribution in [0.15, 0.2) is 72.2 Å². The number of carbonyl (C=O) groups excluding carboxylic acids is 2. The molecule has 9 heteroatoms. The Morgan fingerprint density at radius 2 is 1.97 bits per heavy atom. The van der Waals surface area contributed by atoms with Gasteiger partial charge >= 0.3 is 5.97 Å². The lowest BCUT2D eigenvalue weighted by Crippen LogP contribution is -2.43. The van der Waals surface area contributed by atoms with E-state index in [2.05, 4.69) is 10.3 Å². The Balaban J connectivity index is 1.52. The van der Waals surface area contributed by atoms with E-state index in [0.717, 1.165) is 16.5 Å². The Morgan fingerprint density at radius 1 is 1.12 bits per heavy atom. The lowest BCUT2D eigenvalue weighted by molar-refractivity contribution is -0.384. The molecule has 0 bridgehead atoms. The van der Waals surface area contributed by atoms with Gasteiger partial charge in [-0.1, -0.05) is 36.4 Å². The molecule has 0 aliphatic rings. The van der Waals surface area contributed by atoms with Crippen molar-refractivity contribution in [2.45, 2.75) is 19.1 Å². The van der Waals surface area contributed by atoms with Gasteiger partial charge in [0.2, 0.25) is 0 Å². The molecule has 0 spiro atoms. The molecule has 0 aliphatic heterocycles. The third-order valence-electron chi connectivity index (χ3n) is 4.94. The van der Waals surface area contributed by atoms with E-state index in [1.165, 1.54) is 29.5 Å². The molecule has 2 N–H and O–H groups in total. The highest BCUT2D eigenvalue weighted by atomic mass is 32.1. The van der Waals surface area contributed by atoms with E-state index in [-0.39, 0.29) is 24.6 Å². The zero-order valence-corrected chi connectivity index (χ0v) is 17.6. The molecule has 4 aromatic rings. The van der Waals surface area contributed by atoms with Gasteiger partial charge in [-0.2, -0.15) is 0 Å². The predicted molar refractivity (Wildman–Crippen MR) is 120 cm³/mol. The lowest BCUT2D eigenvalue weighted by atomic mass is 10.0. The highest BCUT2D eigenvalue weighted by Gasteiger charge is 2.25. The van der Waals surface area contributed by atoms with Crippen molar-refractivity contribution in [1.82, 2.24) is 10.3 Å². The van der Waals surface area contributed by atoms with Gasteiger partial charge in [0.1, 0.15) is 12.6 Å². The van der Waals surface area contributed by atoms with Crippen LogP contribution >= 0.6 is 11.3 Å². The molecule has 2 aromatic heterocycles. The highest BCUT2D eigenvalue weighted by molar-refractivity contribution is 7.12. The second-order valence-electron chi connectivity index (χ2n) is 7.10. The van der Waals surface area contributed by atoms with Crippen LogP contribution in [0.5, 0.6) is 0 Å². The quantitative estimate of drug-likeness (QED) is 0.237. The molecule has 1 amide bonds. The normalized spacial score (nSPS) is 11.8. The number of nitro benzene ring substituents is 1. The number of carbonyl (C=O) groups is 2. The first-order valence-corrected chi connectivity index (χ1v) is 10.7. The standard InChI is InChI=1S/C23H19N3O5S/c27-22(21-9-4-10-32-21)25-20(12-16-13-24-19-8-2-1-7-18(16)19)23(28)31-14-15-5-3-6-17(11-15)26(29)30/h1-11,13,20,24H,12,14H2,(H,25,27). The van der Waals surface area contributed by atoms with Crippen molar-refractivity contribution in [1.29, 1.82) is 0 Å². The Bertz CT molecular complexity index is 1270. The smallest absolute Gasteiger partial charge is 0.329 e. The summed E-state index contributed by atoms with van der Waals surface area (Å²) >= 11 is 1.28. The first-order chi connectivity index (χ1) is 15.5. The molecule has 0 radical (unpaired) electrons. The number of esters is 1. The zero-order valence-electron chi connectivity index (χ0n) is 16.8. The molecule has 2 aromatic carbocycles. The van der Waals surface area contributed by atoms with Gasteiger partial charge in [0.25, 0.3) is 11.6 Å². The number of hydrogen-bond acceptors (Lipinski definition) is 6. The summed E-state index contributed by atoms with van der Waals surface area (Å²) in [6, 6.07) is 16.1.